The molecule has 0 spiro atoms. The van der Waals surface area contributed by atoms with Crippen LogP contribution in [0.4, 0.5) is 0 Å². The molecule has 0 aliphatic heterocycles. The van der Waals surface area contributed by atoms with E-state index in [4.69, 9.17) is 5.73 Å². The van der Waals surface area contributed by atoms with Crippen molar-refractivity contribution in [1.82, 2.24) is 10.6 Å². The standard InChI is InChI=1S/C20H24N4O/c1-22-19(23-13-15-7-9-16(10-8-15)18(21)25)24-14-20(11-12-20)17-5-3-2-4-6-17/h2-10H,11-14H2,1H3,(H2,21,25)(H2,22,23,24). The van der Waals surface area contributed by atoms with Gasteiger partial charge in [-0.05, 0) is 36.1 Å². The van der Waals surface area contributed by atoms with Crippen LogP contribution in [0.15, 0.2) is 59.6 Å². The summed E-state index contributed by atoms with van der Waals surface area (Å²) in [6, 6.07) is 17.9. The summed E-state index contributed by atoms with van der Waals surface area (Å²) in [6.45, 7) is 1.51. The molecule has 0 unspecified atom stereocenters. The highest BCUT2D eigenvalue weighted by atomic mass is 16.1. The van der Waals surface area contributed by atoms with E-state index in [-0.39, 0.29) is 5.41 Å². The number of hydrogen-bond acceptors (Lipinski definition) is 2. The number of guanidine groups is 1. The van der Waals surface area contributed by atoms with E-state index >= 15 is 0 Å². The molecule has 0 atom stereocenters. The number of aliphatic imine (C=N–C) groups is 1. The summed E-state index contributed by atoms with van der Waals surface area (Å²) in [4.78, 5) is 15.4. The maximum absolute atomic E-state index is 11.1. The minimum absolute atomic E-state index is 0.238. The number of rotatable bonds is 6. The van der Waals surface area contributed by atoms with Gasteiger partial charge in [-0.25, -0.2) is 0 Å². The predicted octanol–water partition coefficient (Wildman–Crippen LogP) is 2.18. The van der Waals surface area contributed by atoms with E-state index in [9.17, 15) is 4.79 Å². The highest BCUT2D eigenvalue weighted by Crippen LogP contribution is 2.47. The van der Waals surface area contributed by atoms with Gasteiger partial charge in [0.2, 0.25) is 5.91 Å². The largest absolute Gasteiger partial charge is 0.366 e. The molecule has 4 N–H and O–H groups in total. The number of nitrogens with one attached hydrogen (secondary N) is 2. The first-order chi connectivity index (χ1) is 12.1. The lowest BCUT2D eigenvalue weighted by molar-refractivity contribution is 0.100. The molecule has 25 heavy (non-hydrogen) atoms. The first-order valence-electron chi connectivity index (χ1n) is 8.52. The van der Waals surface area contributed by atoms with Crippen molar-refractivity contribution in [3.8, 4) is 0 Å². The molecule has 1 fully saturated rings. The van der Waals surface area contributed by atoms with Crippen LogP contribution >= 0.6 is 0 Å². The fourth-order valence-electron chi connectivity index (χ4n) is 2.96. The zero-order valence-corrected chi connectivity index (χ0v) is 14.5. The highest BCUT2D eigenvalue weighted by molar-refractivity contribution is 5.92. The molecular weight excluding hydrogens is 312 g/mol. The average Bonchev–Trinajstić information content (AvgIpc) is 3.44. The summed E-state index contributed by atoms with van der Waals surface area (Å²) in [7, 11) is 1.77. The Morgan fingerprint density at radius 3 is 2.32 bits per heavy atom. The van der Waals surface area contributed by atoms with Gasteiger partial charge in [-0.2, -0.15) is 0 Å². The Morgan fingerprint density at radius 1 is 1.08 bits per heavy atom. The molecule has 0 radical (unpaired) electrons. The van der Waals surface area contributed by atoms with E-state index in [0.29, 0.717) is 12.1 Å². The van der Waals surface area contributed by atoms with Crippen molar-refractivity contribution in [2.45, 2.75) is 24.8 Å². The fourth-order valence-corrected chi connectivity index (χ4v) is 2.96. The van der Waals surface area contributed by atoms with Gasteiger partial charge in [0.25, 0.3) is 0 Å². The average molecular weight is 336 g/mol. The molecule has 2 aromatic carbocycles. The zero-order valence-electron chi connectivity index (χ0n) is 14.5. The lowest BCUT2D eigenvalue weighted by Gasteiger charge is -2.19. The third-order valence-electron chi connectivity index (χ3n) is 4.76. The smallest absolute Gasteiger partial charge is 0.248 e. The van der Waals surface area contributed by atoms with Crippen molar-refractivity contribution >= 4 is 11.9 Å². The molecule has 5 heteroatoms. The Kier molecular flexibility index (Phi) is 5.03. The van der Waals surface area contributed by atoms with Crippen LogP contribution in [0.5, 0.6) is 0 Å². The lowest BCUT2D eigenvalue weighted by atomic mass is 9.96. The second-order valence-corrected chi connectivity index (χ2v) is 6.49. The van der Waals surface area contributed by atoms with Crippen LogP contribution in [0.3, 0.4) is 0 Å². The summed E-state index contributed by atoms with van der Waals surface area (Å²) in [5.41, 5.74) is 8.47. The van der Waals surface area contributed by atoms with E-state index in [0.717, 1.165) is 18.1 Å². The molecule has 2 aromatic rings. The number of carbonyl (C=O) groups excluding carboxylic acids is 1. The first-order valence-corrected chi connectivity index (χ1v) is 8.52. The van der Waals surface area contributed by atoms with Crippen LogP contribution in [0.25, 0.3) is 0 Å². The van der Waals surface area contributed by atoms with Gasteiger partial charge in [0.15, 0.2) is 5.96 Å². The lowest BCUT2D eigenvalue weighted by Crippen LogP contribution is -2.40. The van der Waals surface area contributed by atoms with E-state index < -0.39 is 5.91 Å². The Labute approximate surface area is 148 Å². The van der Waals surface area contributed by atoms with Crippen LogP contribution < -0.4 is 16.4 Å². The van der Waals surface area contributed by atoms with Gasteiger partial charge in [0, 0.05) is 31.1 Å². The number of nitrogens with two attached hydrogens (primary N) is 1. The topological polar surface area (TPSA) is 79.5 Å². The molecule has 0 saturated heterocycles. The summed E-state index contributed by atoms with van der Waals surface area (Å²) in [6.07, 6.45) is 2.41. The number of carbonyl (C=O) groups is 1. The number of benzene rings is 2. The molecule has 1 aliphatic rings. The highest BCUT2D eigenvalue weighted by Gasteiger charge is 2.43. The molecule has 1 saturated carbocycles. The number of hydrogen-bond donors (Lipinski definition) is 3. The maximum Gasteiger partial charge on any atom is 0.248 e. The Balaban J connectivity index is 1.53. The normalized spacial score (nSPS) is 15.5. The van der Waals surface area contributed by atoms with Gasteiger partial charge in [0.1, 0.15) is 0 Å². The fraction of sp³-hybridized carbons (Fsp3) is 0.300. The van der Waals surface area contributed by atoms with Crippen molar-refractivity contribution in [2.24, 2.45) is 10.7 Å². The van der Waals surface area contributed by atoms with Crippen LogP contribution in [0.2, 0.25) is 0 Å². The number of nitrogens with zero attached hydrogens (tertiary/aromatic N) is 1. The van der Waals surface area contributed by atoms with Gasteiger partial charge < -0.3 is 16.4 Å². The van der Waals surface area contributed by atoms with Crippen LogP contribution in [-0.4, -0.2) is 25.5 Å². The molecule has 3 rings (SSSR count). The van der Waals surface area contributed by atoms with Crippen LogP contribution in [0, 0.1) is 0 Å². The molecule has 0 aromatic heterocycles. The third-order valence-corrected chi connectivity index (χ3v) is 4.76. The Hall–Kier alpha value is -2.82. The van der Waals surface area contributed by atoms with Gasteiger partial charge in [-0.1, -0.05) is 42.5 Å². The van der Waals surface area contributed by atoms with Crippen molar-refractivity contribution in [3.63, 3.8) is 0 Å². The van der Waals surface area contributed by atoms with Crippen molar-refractivity contribution < 1.29 is 4.79 Å². The van der Waals surface area contributed by atoms with E-state index in [1.165, 1.54) is 18.4 Å². The van der Waals surface area contributed by atoms with Crippen LogP contribution in [0.1, 0.15) is 34.3 Å². The molecule has 1 amide bonds. The van der Waals surface area contributed by atoms with Gasteiger partial charge in [0.05, 0.1) is 0 Å². The van der Waals surface area contributed by atoms with Crippen molar-refractivity contribution in [1.29, 1.82) is 0 Å². The minimum atomic E-state index is -0.410. The number of amides is 1. The molecule has 5 nitrogen and oxygen atoms in total. The van der Waals surface area contributed by atoms with Crippen molar-refractivity contribution in [2.75, 3.05) is 13.6 Å². The minimum Gasteiger partial charge on any atom is -0.366 e. The molecule has 1 aliphatic carbocycles. The second-order valence-electron chi connectivity index (χ2n) is 6.49. The zero-order chi connectivity index (χ0) is 17.7. The van der Waals surface area contributed by atoms with E-state index in [2.05, 4.69) is 46.0 Å². The van der Waals surface area contributed by atoms with Gasteiger partial charge in [-0.15, -0.1) is 0 Å². The molecule has 0 bridgehead atoms. The number of primary amides is 1. The summed E-state index contributed by atoms with van der Waals surface area (Å²) < 4.78 is 0. The van der Waals surface area contributed by atoms with Gasteiger partial charge in [-0.3, -0.25) is 9.79 Å². The van der Waals surface area contributed by atoms with Gasteiger partial charge >= 0.3 is 0 Å². The van der Waals surface area contributed by atoms with E-state index in [1.54, 1.807) is 19.2 Å². The summed E-state index contributed by atoms with van der Waals surface area (Å²) in [5, 5.41) is 6.74. The van der Waals surface area contributed by atoms with E-state index in [1.807, 2.05) is 12.1 Å². The quantitative estimate of drug-likeness (QED) is 0.559. The van der Waals surface area contributed by atoms with Crippen LogP contribution in [-0.2, 0) is 12.0 Å². The Morgan fingerprint density at radius 2 is 1.76 bits per heavy atom. The van der Waals surface area contributed by atoms with Crippen molar-refractivity contribution in [3.05, 3.63) is 71.3 Å². The molecule has 0 heterocycles. The molecule has 130 valence electrons. The Bertz CT molecular complexity index is 749. The maximum atomic E-state index is 11.1. The molecular formula is C20H24N4O. The second kappa shape index (κ2) is 7.38. The third kappa shape index (κ3) is 4.18. The monoisotopic (exact) mass is 336 g/mol. The predicted molar refractivity (Wildman–Crippen MR) is 101 cm³/mol. The summed E-state index contributed by atoms with van der Waals surface area (Å²) >= 11 is 0. The summed E-state index contributed by atoms with van der Waals surface area (Å²) in [5.74, 6) is 0.369. The SMILES string of the molecule is CN=C(NCc1ccc(C(N)=O)cc1)NCC1(c2ccccc2)CC1. The first kappa shape index (κ1) is 17.0.